The first kappa shape index (κ1) is 36.0. The highest BCUT2D eigenvalue weighted by Crippen LogP contribution is 2.36. The summed E-state index contributed by atoms with van der Waals surface area (Å²) in [6.45, 7) is 8.69. The van der Waals surface area contributed by atoms with Gasteiger partial charge in [-0.2, -0.15) is 0 Å². The molecule has 2 aromatic carbocycles. The molecule has 3 heterocycles. The number of carbonyl (C=O) groups excluding carboxylic acids is 3. The molecule has 0 radical (unpaired) electrons. The van der Waals surface area contributed by atoms with Gasteiger partial charge in [-0.15, -0.1) is 16.2 Å². The van der Waals surface area contributed by atoms with E-state index in [4.69, 9.17) is 0 Å². The number of hydrogen-bond acceptors (Lipinski definition) is 7. The van der Waals surface area contributed by atoms with Gasteiger partial charge < -0.3 is 10.2 Å². The van der Waals surface area contributed by atoms with E-state index in [1.165, 1.54) is 32.9 Å². The molecule has 2 aliphatic rings. The Hall–Kier alpha value is -4.83. The van der Waals surface area contributed by atoms with E-state index in [1.54, 1.807) is 6.07 Å². The molecule has 1 saturated heterocycles. The zero-order chi connectivity index (χ0) is 36.1. The molecule has 9 nitrogen and oxygen atoms in total. The fraction of sp³-hybridized carbons (Fsp3) is 0.390. The third-order valence-electron chi connectivity index (χ3n) is 9.88. The van der Waals surface area contributed by atoms with Gasteiger partial charge in [-0.25, -0.2) is 9.97 Å². The van der Waals surface area contributed by atoms with Crippen LogP contribution < -0.4 is 5.32 Å². The summed E-state index contributed by atoms with van der Waals surface area (Å²) in [6, 6.07) is 19.7. The minimum atomic E-state index is -0.858. The third-order valence-corrected chi connectivity index (χ3v) is 11.4. The van der Waals surface area contributed by atoms with Crippen LogP contribution in [0.2, 0.25) is 0 Å². The van der Waals surface area contributed by atoms with Crippen molar-refractivity contribution in [2.45, 2.75) is 83.6 Å². The lowest BCUT2D eigenvalue weighted by atomic mass is 9.83. The molecule has 2 aromatic heterocycles. The van der Waals surface area contributed by atoms with Crippen LogP contribution in [0, 0.1) is 10.8 Å². The quantitative estimate of drug-likeness (QED) is 0.159. The molecule has 1 aliphatic heterocycles. The van der Waals surface area contributed by atoms with E-state index in [0.29, 0.717) is 16.6 Å². The molecule has 3 amide bonds. The Kier molecular flexibility index (Phi) is 11.0. The molecule has 264 valence electrons. The van der Waals surface area contributed by atoms with Crippen LogP contribution >= 0.6 is 11.3 Å². The Morgan fingerprint density at radius 3 is 2.22 bits per heavy atom. The predicted octanol–water partition coefficient (Wildman–Crippen LogP) is 7.90. The van der Waals surface area contributed by atoms with Gasteiger partial charge in [0.2, 0.25) is 5.91 Å². The number of aromatic nitrogens is 2. The summed E-state index contributed by atoms with van der Waals surface area (Å²) in [5, 5.41) is 5.44. The van der Waals surface area contributed by atoms with Gasteiger partial charge in [-0.05, 0) is 71.4 Å². The Bertz CT molecular complexity index is 1900. The molecule has 1 unspecified atom stereocenters. The van der Waals surface area contributed by atoms with Crippen molar-refractivity contribution < 1.29 is 14.4 Å². The lowest BCUT2D eigenvalue weighted by Gasteiger charge is -2.39. The van der Waals surface area contributed by atoms with Crippen molar-refractivity contribution in [3.05, 3.63) is 116 Å². The Labute approximate surface area is 303 Å². The SMILES string of the molecule is CCCc1ccc(C2CC=C(c3cnc(-c4ccc(C[C@H](NC(=O)c5ccc(C(C)(C)C)s5)C(=O)N5CC(C(=O)N=O)C5)cc4)nc3)CC2)cc1. The minimum absolute atomic E-state index is 0.103. The molecule has 2 atom stereocenters. The number of nitrogens with zero attached hydrogens (tertiary/aromatic N) is 4. The van der Waals surface area contributed by atoms with E-state index >= 15 is 0 Å². The maximum Gasteiger partial charge on any atom is 0.292 e. The molecular weight excluding hydrogens is 659 g/mol. The molecule has 1 aliphatic carbocycles. The first-order chi connectivity index (χ1) is 24.5. The molecular formula is C41H45N5O4S. The van der Waals surface area contributed by atoms with Crippen LogP contribution in [0.15, 0.2) is 84.3 Å². The zero-order valence-electron chi connectivity index (χ0n) is 29.7. The normalized spacial score (nSPS) is 16.9. The van der Waals surface area contributed by atoms with E-state index in [0.717, 1.165) is 53.7 Å². The van der Waals surface area contributed by atoms with Gasteiger partial charge >= 0.3 is 0 Å². The van der Waals surface area contributed by atoms with E-state index in [9.17, 15) is 19.3 Å². The number of benzene rings is 2. The van der Waals surface area contributed by atoms with Crippen LogP contribution in [0.1, 0.15) is 96.1 Å². The maximum absolute atomic E-state index is 13.6. The van der Waals surface area contributed by atoms with Crippen LogP contribution in [0.25, 0.3) is 17.0 Å². The number of likely N-dealkylation sites (tertiary alicyclic amines) is 1. The first-order valence-corrected chi connectivity index (χ1v) is 18.6. The molecule has 1 fully saturated rings. The monoisotopic (exact) mass is 703 g/mol. The van der Waals surface area contributed by atoms with Gasteiger partial charge in [0.05, 0.1) is 10.8 Å². The molecule has 0 saturated carbocycles. The summed E-state index contributed by atoms with van der Waals surface area (Å²) in [4.78, 5) is 61.7. The van der Waals surface area contributed by atoms with E-state index in [1.807, 2.05) is 42.7 Å². The lowest BCUT2D eigenvalue weighted by molar-refractivity contribution is -0.143. The second-order valence-corrected chi connectivity index (χ2v) is 15.8. The third kappa shape index (κ3) is 8.56. The molecule has 0 spiro atoms. The molecule has 10 heteroatoms. The number of allylic oxidation sites excluding steroid dienone is 2. The molecule has 6 rings (SSSR count). The highest BCUT2D eigenvalue weighted by atomic mass is 32.1. The van der Waals surface area contributed by atoms with Crippen LogP contribution in [0.5, 0.6) is 0 Å². The van der Waals surface area contributed by atoms with Gasteiger partial charge in [-0.3, -0.25) is 14.4 Å². The maximum atomic E-state index is 13.6. The minimum Gasteiger partial charge on any atom is -0.339 e. The van der Waals surface area contributed by atoms with Crippen molar-refractivity contribution >= 4 is 34.6 Å². The topological polar surface area (TPSA) is 122 Å². The zero-order valence-corrected chi connectivity index (χ0v) is 30.5. The van der Waals surface area contributed by atoms with Crippen molar-refractivity contribution in [1.82, 2.24) is 20.2 Å². The van der Waals surface area contributed by atoms with Crippen molar-refractivity contribution in [3.63, 3.8) is 0 Å². The van der Waals surface area contributed by atoms with Gasteiger partial charge in [0.1, 0.15) is 6.04 Å². The second-order valence-electron chi connectivity index (χ2n) is 14.7. The van der Waals surface area contributed by atoms with Gasteiger partial charge in [0.25, 0.3) is 11.8 Å². The van der Waals surface area contributed by atoms with Gasteiger partial charge in [-0.1, -0.05) is 88.7 Å². The van der Waals surface area contributed by atoms with Crippen LogP contribution in [-0.4, -0.2) is 51.7 Å². The summed E-state index contributed by atoms with van der Waals surface area (Å²) in [5.41, 5.74) is 6.73. The molecule has 51 heavy (non-hydrogen) atoms. The fourth-order valence-corrected chi connectivity index (χ4v) is 7.68. The van der Waals surface area contributed by atoms with Gasteiger partial charge in [0, 0.05) is 53.1 Å². The molecule has 1 N–H and O–H groups in total. The standard InChI is InChI=1S/C41H45N5O4S/c1-5-6-26-7-11-28(12-8-26)29-15-17-30(18-16-29)32-22-42-37(43-23-32)31-13-9-27(10-14-31)21-34(40(49)46-24-33(25-46)38(47)45-50)44-39(48)35-19-20-36(51-35)41(2,3)4/h7-14,17,19-20,22-23,29,33-34H,5-6,15-16,18,21,24-25H2,1-4H3,(H,44,48)/t29?,34-/m0/s1. The lowest BCUT2D eigenvalue weighted by Crippen LogP contribution is -2.59. The first-order valence-electron chi connectivity index (χ1n) is 17.8. The predicted molar refractivity (Wildman–Crippen MR) is 201 cm³/mol. The van der Waals surface area contributed by atoms with Crippen LogP contribution in [0.4, 0.5) is 0 Å². The van der Waals surface area contributed by atoms with Crippen molar-refractivity contribution in [3.8, 4) is 11.4 Å². The smallest absolute Gasteiger partial charge is 0.292 e. The van der Waals surface area contributed by atoms with Gasteiger partial charge in [0.15, 0.2) is 5.82 Å². The number of hydrogen-bond donors (Lipinski definition) is 1. The van der Waals surface area contributed by atoms with E-state index < -0.39 is 17.9 Å². The Morgan fingerprint density at radius 2 is 1.63 bits per heavy atom. The van der Waals surface area contributed by atoms with Crippen molar-refractivity contribution in [2.75, 3.05) is 13.1 Å². The Morgan fingerprint density at radius 1 is 0.941 bits per heavy atom. The number of thiophene rings is 1. The highest BCUT2D eigenvalue weighted by Gasteiger charge is 2.39. The summed E-state index contributed by atoms with van der Waals surface area (Å²) < 4.78 is 0. The average molecular weight is 704 g/mol. The van der Waals surface area contributed by atoms with E-state index in [-0.39, 0.29) is 36.7 Å². The summed E-state index contributed by atoms with van der Waals surface area (Å²) >= 11 is 1.41. The second kappa shape index (κ2) is 15.6. The van der Waals surface area contributed by atoms with E-state index in [2.05, 4.69) is 78.5 Å². The number of nitroso groups, excluding NO2 is 1. The number of nitrogens with one attached hydrogen (secondary N) is 1. The molecule has 0 bridgehead atoms. The summed E-state index contributed by atoms with van der Waals surface area (Å²) in [6.07, 6.45) is 11.8. The number of aryl methyl sites for hydroxylation is 1. The highest BCUT2D eigenvalue weighted by molar-refractivity contribution is 7.14. The average Bonchev–Trinajstić information content (AvgIpc) is 3.64. The van der Waals surface area contributed by atoms with Crippen LogP contribution in [-0.2, 0) is 27.8 Å². The fourth-order valence-electron chi connectivity index (χ4n) is 6.71. The number of carbonyl (C=O) groups is 3. The summed E-state index contributed by atoms with van der Waals surface area (Å²) in [7, 11) is 0. The Balaban J connectivity index is 1.10. The largest absolute Gasteiger partial charge is 0.339 e. The number of rotatable bonds is 11. The number of amides is 3. The summed E-state index contributed by atoms with van der Waals surface area (Å²) in [5.74, 6) is -0.838. The van der Waals surface area contributed by atoms with Crippen LogP contribution in [0.3, 0.4) is 0 Å². The van der Waals surface area contributed by atoms with Crippen molar-refractivity contribution in [2.24, 2.45) is 11.1 Å². The van der Waals surface area contributed by atoms with Crippen molar-refractivity contribution in [1.29, 1.82) is 0 Å². The molecule has 4 aromatic rings.